The minimum Gasteiger partial charge on any atom is -0.398 e. The van der Waals surface area contributed by atoms with Crippen molar-refractivity contribution in [3.8, 4) is 5.75 Å². The van der Waals surface area contributed by atoms with Crippen molar-refractivity contribution < 1.29 is 38.5 Å². The Balaban J connectivity index is 2.27. The maximum absolute atomic E-state index is 12.6. The molecule has 4 N–H and O–H groups in total. The van der Waals surface area contributed by atoms with E-state index in [4.69, 9.17) is 9.92 Å². The van der Waals surface area contributed by atoms with Gasteiger partial charge in [0.25, 0.3) is 20.2 Å². The molecule has 0 saturated heterocycles. The Hall–Kier alpha value is -2.71. The molecule has 0 radical (unpaired) electrons. The Kier molecular flexibility index (Phi) is 5.04. The summed E-state index contributed by atoms with van der Waals surface area (Å²) in [4.78, 5) is -1.69. The molecule has 29 heavy (non-hydrogen) atoms. The molecular formula is C16H13NO9S3. The van der Waals surface area contributed by atoms with Crippen molar-refractivity contribution in [3.05, 3.63) is 54.6 Å². The van der Waals surface area contributed by atoms with E-state index in [-0.39, 0.29) is 21.4 Å². The standard InChI is InChI=1S/C16H13NO9S3/c17-14-3-1-2-4-16(14)29(24,25)26-15-9-12(28(21,22)23)8-10-7-11(27(18,19)20)5-6-13(10)15/h1-9H,17H2,(H,18,19,20)(H,21,22,23). The molecule has 0 aliphatic carbocycles. The van der Waals surface area contributed by atoms with Gasteiger partial charge in [-0.05, 0) is 41.8 Å². The van der Waals surface area contributed by atoms with Crippen LogP contribution in [0.15, 0.2) is 69.3 Å². The average molecular weight is 459 g/mol. The second-order valence-electron chi connectivity index (χ2n) is 5.83. The smallest absolute Gasteiger partial charge is 0.341 e. The maximum atomic E-state index is 12.6. The van der Waals surface area contributed by atoms with Gasteiger partial charge in [-0.25, -0.2) is 0 Å². The van der Waals surface area contributed by atoms with Gasteiger partial charge in [0, 0.05) is 11.5 Å². The molecule has 10 nitrogen and oxygen atoms in total. The number of fused-ring (bicyclic) bond motifs is 1. The molecule has 0 bridgehead atoms. The Morgan fingerprint density at radius 1 is 0.759 bits per heavy atom. The first kappa shape index (κ1) is 21.0. The van der Waals surface area contributed by atoms with Gasteiger partial charge in [0.1, 0.15) is 4.90 Å². The largest absolute Gasteiger partial charge is 0.398 e. The Labute approximate surface area is 166 Å². The van der Waals surface area contributed by atoms with Crippen molar-refractivity contribution >= 4 is 46.8 Å². The number of hydrogen-bond donors (Lipinski definition) is 3. The van der Waals surface area contributed by atoms with Crippen molar-refractivity contribution in [1.82, 2.24) is 0 Å². The summed E-state index contributed by atoms with van der Waals surface area (Å²) in [5.41, 5.74) is 5.54. The third-order valence-electron chi connectivity index (χ3n) is 3.84. The van der Waals surface area contributed by atoms with Crippen molar-refractivity contribution in [2.45, 2.75) is 14.7 Å². The number of rotatable bonds is 5. The number of benzene rings is 3. The number of anilines is 1. The molecule has 0 fully saturated rings. The van der Waals surface area contributed by atoms with Gasteiger partial charge in [0.2, 0.25) is 0 Å². The second-order valence-corrected chi connectivity index (χ2v) is 10.2. The molecule has 13 heteroatoms. The van der Waals surface area contributed by atoms with Crippen LogP contribution in [0.5, 0.6) is 5.75 Å². The highest BCUT2D eigenvalue weighted by Crippen LogP contribution is 2.34. The van der Waals surface area contributed by atoms with Crippen molar-refractivity contribution in [1.29, 1.82) is 0 Å². The zero-order valence-corrected chi connectivity index (χ0v) is 16.7. The number of para-hydroxylation sites is 1. The zero-order valence-electron chi connectivity index (χ0n) is 14.3. The molecule has 0 atom stereocenters. The van der Waals surface area contributed by atoms with E-state index >= 15 is 0 Å². The van der Waals surface area contributed by atoms with E-state index in [9.17, 15) is 34.4 Å². The van der Waals surface area contributed by atoms with Crippen LogP contribution in [-0.4, -0.2) is 34.4 Å². The molecule has 0 saturated carbocycles. The lowest BCUT2D eigenvalue weighted by Crippen LogP contribution is -2.12. The van der Waals surface area contributed by atoms with Crippen LogP contribution in [0.1, 0.15) is 0 Å². The van der Waals surface area contributed by atoms with Gasteiger partial charge in [-0.1, -0.05) is 12.1 Å². The minimum atomic E-state index is -4.80. The highest BCUT2D eigenvalue weighted by atomic mass is 32.2. The van der Waals surface area contributed by atoms with Crippen LogP contribution in [0.3, 0.4) is 0 Å². The third kappa shape index (κ3) is 4.33. The summed E-state index contributed by atoms with van der Waals surface area (Å²) in [5.74, 6) is -0.500. The highest BCUT2D eigenvalue weighted by Gasteiger charge is 2.23. The van der Waals surface area contributed by atoms with Crippen molar-refractivity contribution in [2.24, 2.45) is 0 Å². The fraction of sp³-hybridized carbons (Fsp3) is 0. The first-order chi connectivity index (χ1) is 13.3. The molecule has 3 aromatic rings. The van der Waals surface area contributed by atoms with Gasteiger partial charge in [0.15, 0.2) is 5.75 Å². The topological polar surface area (TPSA) is 178 Å². The fourth-order valence-corrected chi connectivity index (χ4v) is 4.65. The number of hydrogen-bond acceptors (Lipinski definition) is 8. The molecule has 154 valence electrons. The number of nitrogens with two attached hydrogens (primary N) is 1. The Morgan fingerprint density at radius 3 is 1.93 bits per heavy atom. The van der Waals surface area contributed by atoms with E-state index in [1.165, 1.54) is 24.3 Å². The van der Waals surface area contributed by atoms with E-state index in [2.05, 4.69) is 0 Å². The van der Waals surface area contributed by atoms with Crippen LogP contribution < -0.4 is 9.92 Å². The summed E-state index contributed by atoms with van der Waals surface area (Å²) < 4.78 is 94.6. The van der Waals surface area contributed by atoms with E-state index in [0.717, 1.165) is 30.3 Å². The third-order valence-corrected chi connectivity index (χ3v) is 6.83. The highest BCUT2D eigenvalue weighted by molar-refractivity contribution is 7.87. The van der Waals surface area contributed by atoms with Gasteiger partial charge >= 0.3 is 10.1 Å². The maximum Gasteiger partial charge on any atom is 0.341 e. The molecule has 0 aromatic heterocycles. The molecular weight excluding hydrogens is 446 g/mol. The molecule has 3 aromatic carbocycles. The molecule has 0 heterocycles. The monoisotopic (exact) mass is 459 g/mol. The lowest BCUT2D eigenvalue weighted by Gasteiger charge is -2.13. The van der Waals surface area contributed by atoms with Gasteiger partial charge in [-0.2, -0.15) is 25.3 Å². The predicted octanol–water partition coefficient (Wildman–Crippen LogP) is 1.68. The van der Waals surface area contributed by atoms with Crippen LogP contribution in [0.2, 0.25) is 0 Å². The summed E-state index contributed by atoms with van der Waals surface area (Å²) >= 11 is 0. The first-order valence-corrected chi connectivity index (χ1v) is 11.9. The average Bonchev–Trinajstić information content (AvgIpc) is 2.59. The van der Waals surface area contributed by atoms with Gasteiger partial charge in [-0.3, -0.25) is 9.11 Å². The molecule has 0 amide bonds. The quantitative estimate of drug-likeness (QED) is 0.289. The Morgan fingerprint density at radius 2 is 1.34 bits per heavy atom. The van der Waals surface area contributed by atoms with E-state index < -0.39 is 45.9 Å². The van der Waals surface area contributed by atoms with E-state index in [1.807, 2.05) is 0 Å². The van der Waals surface area contributed by atoms with Crippen molar-refractivity contribution in [3.63, 3.8) is 0 Å². The van der Waals surface area contributed by atoms with Crippen LogP contribution in [0, 0.1) is 0 Å². The van der Waals surface area contributed by atoms with Gasteiger partial charge < -0.3 is 9.92 Å². The van der Waals surface area contributed by atoms with E-state index in [0.29, 0.717) is 0 Å². The fourth-order valence-electron chi connectivity index (χ4n) is 2.54. The van der Waals surface area contributed by atoms with Crippen molar-refractivity contribution in [2.75, 3.05) is 5.73 Å². The predicted molar refractivity (Wildman–Crippen MR) is 102 cm³/mol. The normalized spacial score (nSPS) is 12.8. The molecule has 0 spiro atoms. The summed E-state index contributed by atoms with van der Waals surface area (Å²) in [6.07, 6.45) is 0. The Bertz CT molecular complexity index is 1440. The molecule has 0 aliphatic rings. The zero-order chi connectivity index (χ0) is 21.6. The van der Waals surface area contributed by atoms with Gasteiger partial charge in [0.05, 0.1) is 15.5 Å². The summed E-state index contributed by atoms with van der Waals surface area (Å²) in [6, 6.07) is 10.0. The lowest BCUT2D eigenvalue weighted by molar-refractivity contribution is 0.477. The minimum absolute atomic E-state index is 0.00266. The molecule has 0 aliphatic heterocycles. The number of nitrogen functional groups attached to an aromatic ring is 1. The van der Waals surface area contributed by atoms with Gasteiger partial charge in [-0.15, -0.1) is 0 Å². The SMILES string of the molecule is Nc1ccccc1S(=O)(=O)Oc1cc(S(=O)(=O)O)cc2cc(S(=O)(=O)O)ccc12. The van der Waals surface area contributed by atoms with Crippen LogP contribution >= 0.6 is 0 Å². The molecule has 0 unspecified atom stereocenters. The second kappa shape index (κ2) is 6.96. The molecule has 3 rings (SSSR count). The summed E-state index contributed by atoms with van der Waals surface area (Å²) in [6.45, 7) is 0. The van der Waals surface area contributed by atoms with Crippen LogP contribution in [-0.2, 0) is 30.4 Å². The summed E-state index contributed by atoms with van der Waals surface area (Å²) in [5, 5.41) is -0.121. The van der Waals surface area contributed by atoms with Crippen LogP contribution in [0.4, 0.5) is 5.69 Å². The van der Waals surface area contributed by atoms with E-state index in [1.54, 1.807) is 0 Å². The lowest BCUT2D eigenvalue weighted by atomic mass is 10.1. The van der Waals surface area contributed by atoms with Crippen LogP contribution in [0.25, 0.3) is 10.8 Å². The summed E-state index contributed by atoms with van der Waals surface area (Å²) in [7, 11) is -13.9. The first-order valence-electron chi connectivity index (χ1n) is 7.61.